The lowest BCUT2D eigenvalue weighted by atomic mass is 10.0. The summed E-state index contributed by atoms with van der Waals surface area (Å²) < 4.78 is 11.2. The Morgan fingerprint density at radius 3 is 1.93 bits per heavy atom. The summed E-state index contributed by atoms with van der Waals surface area (Å²) in [5.74, 6) is -0.622. The second-order valence-corrected chi connectivity index (χ2v) is 7.01. The summed E-state index contributed by atoms with van der Waals surface area (Å²) >= 11 is 3.29. The quantitative estimate of drug-likeness (QED) is 0.372. The highest BCUT2D eigenvalue weighted by atomic mass is 79.9. The van der Waals surface area contributed by atoms with Crippen LogP contribution in [0.15, 0.2) is 83.3 Å². The predicted molar refractivity (Wildman–Crippen MR) is 111 cm³/mol. The van der Waals surface area contributed by atoms with E-state index in [0.717, 1.165) is 4.47 Å². The molecule has 6 heteroatoms. The molecule has 0 N–H and O–H groups in total. The number of hydrogen-bond acceptors (Lipinski definition) is 5. The smallest absolute Gasteiger partial charge is 0.344 e. The Labute approximate surface area is 176 Å². The first-order valence-electron chi connectivity index (χ1n) is 8.80. The van der Waals surface area contributed by atoms with Crippen molar-refractivity contribution in [3.63, 3.8) is 0 Å². The van der Waals surface area contributed by atoms with Crippen LogP contribution in [0.2, 0.25) is 0 Å². The monoisotopic (exact) mass is 452 g/mol. The molecule has 3 aromatic rings. The van der Waals surface area contributed by atoms with E-state index in [9.17, 15) is 14.4 Å². The zero-order valence-corrected chi connectivity index (χ0v) is 16.9. The number of benzene rings is 3. The van der Waals surface area contributed by atoms with Gasteiger partial charge in [0.25, 0.3) is 0 Å². The van der Waals surface area contributed by atoms with Gasteiger partial charge in [-0.25, -0.2) is 4.79 Å². The average molecular weight is 453 g/mol. The molecule has 0 bridgehead atoms. The second-order valence-electron chi connectivity index (χ2n) is 6.10. The van der Waals surface area contributed by atoms with E-state index in [1.165, 1.54) is 0 Å². The molecule has 3 aromatic carbocycles. The second kappa shape index (κ2) is 9.80. The summed E-state index contributed by atoms with van der Waals surface area (Å²) in [6.07, 6.45) is 0. The SMILES string of the molecule is O=C(COc1ccc(C(=O)c2ccccc2)cc1)OCC(=O)c1ccc(Br)cc1. The standard InChI is InChI=1S/C23H17BrO5/c24-19-10-6-16(7-11-19)21(25)14-29-22(26)15-28-20-12-8-18(9-13-20)23(27)17-4-2-1-3-5-17/h1-13H,14-15H2. The number of halogens is 1. The Balaban J connectivity index is 1.47. The lowest BCUT2D eigenvalue weighted by molar-refractivity contribution is -0.144. The molecule has 0 aromatic heterocycles. The maximum absolute atomic E-state index is 12.4. The number of carbonyl (C=O) groups is 3. The van der Waals surface area contributed by atoms with Gasteiger partial charge in [0.1, 0.15) is 5.75 Å². The Kier molecular flexibility index (Phi) is 6.92. The number of Topliss-reactive ketones (excluding diaryl/α,β-unsaturated/α-hetero) is 1. The average Bonchev–Trinajstić information content (AvgIpc) is 2.77. The Bertz CT molecular complexity index is 996. The number of esters is 1. The molecule has 0 saturated heterocycles. The number of ether oxygens (including phenoxy) is 2. The molecule has 0 amide bonds. The van der Waals surface area contributed by atoms with Gasteiger partial charge in [0, 0.05) is 21.2 Å². The normalized spacial score (nSPS) is 10.2. The number of ketones is 2. The van der Waals surface area contributed by atoms with Crippen LogP contribution in [0.25, 0.3) is 0 Å². The van der Waals surface area contributed by atoms with Gasteiger partial charge in [0.15, 0.2) is 24.8 Å². The molecular weight excluding hydrogens is 436 g/mol. The summed E-state index contributed by atoms with van der Waals surface area (Å²) in [6, 6.07) is 22.2. The van der Waals surface area contributed by atoms with Crippen LogP contribution in [0.1, 0.15) is 26.3 Å². The first-order valence-corrected chi connectivity index (χ1v) is 9.59. The minimum absolute atomic E-state index is 0.0944. The van der Waals surface area contributed by atoms with Crippen LogP contribution in [0.3, 0.4) is 0 Å². The van der Waals surface area contributed by atoms with E-state index in [0.29, 0.717) is 22.4 Å². The van der Waals surface area contributed by atoms with Crippen molar-refractivity contribution in [2.75, 3.05) is 13.2 Å². The maximum atomic E-state index is 12.4. The zero-order valence-electron chi connectivity index (χ0n) is 15.3. The Hall–Kier alpha value is -3.25. The fourth-order valence-corrected chi connectivity index (χ4v) is 2.77. The van der Waals surface area contributed by atoms with Gasteiger partial charge in [-0.2, -0.15) is 0 Å². The molecule has 0 aliphatic rings. The van der Waals surface area contributed by atoms with Gasteiger partial charge in [-0.3, -0.25) is 9.59 Å². The number of carbonyl (C=O) groups excluding carboxylic acids is 3. The van der Waals surface area contributed by atoms with Crippen LogP contribution in [0, 0.1) is 0 Å². The summed E-state index contributed by atoms with van der Waals surface area (Å²) in [4.78, 5) is 36.2. The van der Waals surface area contributed by atoms with Crippen LogP contribution in [0.4, 0.5) is 0 Å². The molecule has 0 fully saturated rings. The van der Waals surface area contributed by atoms with Crippen molar-refractivity contribution >= 4 is 33.5 Å². The molecule has 0 aliphatic heterocycles. The van der Waals surface area contributed by atoms with E-state index in [-0.39, 0.29) is 24.8 Å². The molecule has 0 radical (unpaired) electrons. The van der Waals surface area contributed by atoms with Crippen molar-refractivity contribution in [2.45, 2.75) is 0 Å². The third-order valence-corrected chi connectivity index (χ3v) is 4.57. The molecule has 0 atom stereocenters. The molecule has 0 spiro atoms. The van der Waals surface area contributed by atoms with Crippen LogP contribution >= 0.6 is 15.9 Å². The van der Waals surface area contributed by atoms with Crippen LogP contribution in [-0.4, -0.2) is 30.7 Å². The number of rotatable bonds is 8. The van der Waals surface area contributed by atoms with Crippen LogP contribution < -0.4 is 4.74 Å². The van der Waals surface area contributed by atoms with Crippen molar-refractivity contribution in [1.29, 1.82) is 0 Å². The van der Waals surface area contributed by atoms with Gasteiger partial charge in [0.2, 0.25) is 0 Å². The minimum Gasteiger partial charge on any atom is -0.482 e. The maximum Gasteiger partial charge on any atom is 0.344 e. The van der Waals surface area contributed by atoms with E-state index in [2.05, 4.69) is 15.9 Å². The van der Waals surface area contributed by atoms with E-state index < -0.39 is 5.97 Å². The predicted octanol–water partition coefficient (Wildman–Crippen LogP) is 4.49. The molecule has 29 heavy (non-hydrogen) atoms. The molecule has 0 heterocycles. The van der Waals surface area contributed by atoms with Crippen LogP contribution in [0.5, 0.6) is 5.75 Å². The highest BCUT2D eigenvalue weighted by Crippen LogP contribution is 2.16. The first kappa shape index (κ1) is 20.5. The minimum atomic E-state index is -0.653. The topological polar surface area (TPSA) is 69.7 Å². The van der Waals surface area contributed by atoms with Gasteiger partial charge in [0.05, 0.1) is 0 Å². The lowest BCUT2D eigenvalue weighted by Crippen LogP contribution is -2.19. The van der Waals surface area contributed by atoms with E-state index in [4.69, 9.17) is 9.47 Å². The van der Waals surface area contributed by atoms with Crippen molar-refractivity contribution in [2.24, 2.45) is 0 Å². The fraction of sp³-hybridized carbons (Fsp3) is 0.0870. The summed E-state index contributed by atoms with van der Waals surface area (Å²) in [5.41, 5.74) is 1.58. The molecule has 0 aliphatic carbocycles. The van der Waals surface area contributed by atoms with E-state index in [1.807, 2.05) is 6.07 Å². The van der Waals surface area contributed by atoms with Crippen molar-refractivity contribution in [1.82, 2.24) is 0 Å². The fourth-order valence-electron chi connectivity index (χ4n) is 2.51. The summed E-state index contributed by atoms with van der Waals surface area (Å²) in [7, 11) is 0. The van der Waals surface area contributed by atoms with Gasteiger partial charge < -0.3 is 9.47 Å². The summed E-state index contributed by atoms with van der Waals surface area (Å²) in [6.45, 7) is -0.687. The summed E-state index contributed by atoms with van der Waals surface area (Å²) in [5, 5.41) is 0. The van der Waals surface area contributed by atoms with Crippen molar-refractivity contribution in [3.8, 4) is 5.75 Å². The molecule has 0 unspecified atom stereocenters. The van der Waals surface area contributed by atoms with Crippen molar-refractivity contribution < 1.29 is 23.9 Å². The third kappa shape index (κ3) is 5.86. The molecule has 0 saturated carbocycles. The highest BCUT2D eigenvalue weighted by Gasteiger charge is 2.12. The highest BCUT2D eigenvalue weighted by molar-refractivity contribution is 9.10. The molecule has 146 valence electrons. The van der Waals surface area contributed by atoms with Crippen LogP contribution in [-0.2, 0) is 9.53 Å². The molecular formula is C23H17BrO5. The van der Waals surface area contributed by atoms with Crippen molar-refractivity contribution in [3.05, 3.63) is 100 Å². The van der Waals surface area contributed by atoms with Gasteiger partial charge in [-0.15, -0.1) is 0 Å². The van der Waals surface area contributed by atoms with Gasteiger partial charge >= 0.3 is 5.97 Å². The third-order valence-electron chi connectivity index (χ3n) is 4.04. The largest absolute Gasteiger partial charge is 0.482 e. The van der Waals surface area contributed by atoms with E-state index in [1.54, 1.807) is 72.8 Å². The molecule has 5 nitrogen and oxygen atoms in total. The number of hydrogen-bond donors (Lipinski definition) is 0. The Morgan fingerprint density at radius 2 is 1.28 bits per heavy atom. The lowest BCUT2D eigenvalue weighted by Gasteiger charge is -2.08. The van der Waals surface area contributed by atoms with Gasteiger partial charge in [-0.05, 0) is 36.4 Å². The molecule has 3 rings (SSSR count). The van der Waals surface area contributed by atoms with E-state index >= 15 is 0 Å². The Morgan fingerprint density at radius 1 is 0.690 bits per heavy atom. The first-order chi connectivity index (χ1) is 14.0. The van der Waals surface area contributed by atoms with Gasteiger partial charge in [-0.1, -0.05) is 58.4 Å². The zero-order chi connectivity index (χ0) is 20.6.